The van der Waals surface area contributed by atoms with Crippen molar-refractivity contribution in [2.24, 2.45) is 0 Å². The van der Waals surface area contributed by atoms with E-state index in [9.17, 15) is 1.37 Å². The Morgan fingerprint density at radius 1 is 0.586 bits per heavy atom. The summed E-state index contributed by atoms with van der Waals surface area (Å²) >= 11 is 0. The summed E-state index contributed by atoms with van der Waals surface area (Å²) in [7, 11) is 0. The second-order valence-electron chi connectivity index (χ2n) is 21.2. The molecule has 0 aliphatic heterocycles. The minimum absolute atomic E-state index is 0. The van der Waals surface area contributed by atoms with Crippen molar-refractivity contribution in [2.45, 2.75) is 134 Å². The Morgan fingerprint density at radius 2 is 1.17 bits per heavy atom. The van der Waals surface area contributed by atoms with E-state index in [0.29, 0.717) is 11.3 Å². The molecule has 8 aromatic rings. The topological polar surface area (TPSA) is 38.7 Å². The van der Waals surface area contributed by atoms with Crippen LogP contribution in [-0.4, -0.2) is 15.0 Å². The SMILES string of the molecule is [2H]C([2H])([2H])c1cnc(-c2[c-]cc(C3(Cc4cc(CC(C)(C)c5c[c-]c(-c6ccccn6)cc5)cc(CC(C)(C)c5c[c-]c(-c6ccccn6)cc5)c4)CCCC3)cc2)cc1-c1cccc(C2([2H])CCCCC2)c1.[Ir+3]. The van der Waals surface area contributed by atoms with Crippen molar-refractivity contribution in [3.05, 3.63) is 221 Å². The average molecular weight is 1100 g/mol. The van der Waals surface area contributed by atoms with E-state index in [1.165, 1.54) is 52.4 Å². The van der Waals surface area contributed by atoms with Crippen molar-refractivity contribution < 1.29 is 25.6 Å². The molecule has 70 heavy (non-hydrogen) atoms. The maximum absolute atomic E-state index is 9.33. The molecule has 0 saturated heterocycles. The summed E-state index contributed by atoms with van der Waals surface area (Å²) in [5.41, 5.74) is 15.4. The van der Waals surface area contributed by atoms with E-state index in [1.807, 2.05) is 79.1 Å². The van der Waals surface area contributed by atoms with Gasteiger partial charge in [0.2, 0.25) is 0 Å². The first-order valence-corrected chi connectivity index (χ1v) is 25.2. The van der Waals surface area contributed by atoms with E-state index < -0.39 is 12.7 Å². The Hall–Kier alpha value is -5.80. The smallest absolute Gasteiger partial charge is 0.305 e. The monoisotopic (exact) mass is 1100 g/mol. The molecule has 0 atom stereocenters. The van der Waals surface area contributed by atoms with Crippen LogP contribution in [0.2, 0.25) is 0 Å². The van der Waals surface area contributed by atoms with Crippen LogP contribution in [0.15, 0.2) is 158 Å². The molecule has 5 aromatic carbocycles. The van der Waals surface area contributed by atoms with E-state index in [4.69, 9.17) is 9.10 Å². The zero-order chi connectivity index (χ0) is 50.9. The van der Waals surface area contributed by atoms with Gasteiger partial charge in [0.15, 0.2) is 0 Å². The summed E-state index contributed by atoms with van der Waals surface area (Å²) < 4.78 is 34.7. The molecule has 0 bridgehead atoms. The summed E-state index contributed by atoms with van der Waals surface area (Å²) in [6, 6.07) is 59.8. The van der Waals surface area contributed by atoms with Crippen LogP contribution in [0.4, 0.5) is 0 Å². The van der Waals surface area contributed by atoms with Gasteiger partial charge in [0.25, 0.3) is 0 Å². The minimum Gasteiger partial charge on any atom is -0.305 e. The molecule has 2 saturated carbocycles. The van der Waals surface area contributed by atoms with E-state index in [0.717, 1.165) is 103 Å². The van der Waals surface area contributed by atoms with Crippen molar-refractivity contribution in [3.63, 3.8) is 0 Å². The molecule has 3 aromatic heterocycles. The predicted octanol–water partition coefficient (Wildman–Crippen LogP) is 16.4. The number of aryl methyl sites for hydroxylation is 1. The van der Waals surface area contributed by atoms with Gasteiger partial charge < -0.3 is 15.0 Å². The molecule has 2 aliphatic carbocycles. The minimum atomic E-state index is -2.35. The molecule has 0 unspecified atom stereocenters. The molecule has 0 radical (unpaired) electrons. The molecule has 0 spiro atoms. The van der Waals surface area contributed by atoms with E-state index in [2.05, 4.69) is 129 Å². The largest absolute Gasteiger partial charge is 3.00 e. The van der Waals surface area contributed by atoms with Crippen molar-refractivity contribution in [1.82, 2.24) is 15.0 Å². The zero-order valence-corrected chi connectivity index (χ0v) is 43.6. The second kappa shape index (κ2) is 21.3. The molecule has 3 nitrogen and oxygen atoms in total. The zero-order valence-electron chi connectivity index (χ0n) is 45.2. The Balaban J connectivity index is 0.00000672. The molecule has 0 N–H and O–H groups in total. The summed E-state index contributed by atoms with van der Waals surface area (Å²) in [6.07, 6.45) is 17.3. The number of nitrogens with zero attached hydrogens (tertiary/aromatic N) is 3. The van der Waals surface area contributed by atoms with Crippen LogP contribution >= 0.6 is 0 Å². The summed E-state index contributed by atoms with van der Waals surface area (Å²) in [6.45, 7) is 7.03. The Bertz CT molecular complexity index is 3040. The molecule has 4 heteroatoms. The van der Waals surface area contributed by atoms with Gasteiger partial charge >= 0.3 is 20.1 Å². The number of pyridine rings is 3. The molecule has 2 aliphatic rings. The fraction of sp³-hybridized carbons (Fsp3) is 0.318. The molecule has 0 amide bonds. The quantitative estimate of drug-likeness (QED) is 0.102. The van der Waals surface area contributed by atoms with Gasteiger partial charge in [-0.25, -0.2) is 0 Å². The van der Waals surface area contributed by atoms with Crippen LogP contribution in [0, 0.1) is 25.1 Å². The first-order valence-electron chi connectivity index (χ1n) is 27.2. The first kappa shape index (κ1) is 44.2. The number of hydrogen-bond donors (Lipinski definition) is 0. The van der Waals surface area contributed by atoms with Gasteiger partial charge in [-0.05, 0) is 129 Å². The Labute approximate surface area is 437 Å². The third-order valence-electron chi connectivity index (χ3n) is 15.2. The van der Waals surface area contributed by atoms with Gasteiger partial charge in [-0.3, -0.25) is 0 Å². The molecule has 10 rings (SSSR count). The number of benzene rings is 5. The van der Waals surface area contributed by atoms with E-state index in [1.54, 1.807) is 0 Å². The Morgan fingerprint density at radius 3 is 1.71 bits per heavy atom. The predicted molar refractivity (Wildman–Crippen MR) is 285 cm³/mol. The summed E-state index contributed by atoms with van der Waals surface area (Å²) in [5, 5.41) is 0. The maximum atomic E-state index is 9.33. The molecule has 354 valence electrons. The normalized spacial score (nSPS) is 16.6. The van der Waals surface area contributed by atoms with Crippen LogP contribution in [-0.2, 0) is 55.6 Å². The molecular weight excluding hydrogens is 1030 g/mol. The van der Waals surface area contributed by atoms with E-state index >= 15 is 0 Å². The van der Waals surface area contributed by atoms with Crippen LogP contribution in [0.1, 0.15) is 141 Å². The fourth-order valence-electron chi connectivity index (χ4n) is 11.4. The number of aromatic nitrogens is 3. The number of hydrogen-bond acceptors (Lipinski definition) is 3. The fourth-order valence-corrected chi connectivity index (χ4v) is 11.4. The van der Waals surface area contributed by atoms with E-state index in [-0.39, 0.29) is 41.9 Å². The maximum Gasteiger partial charge on any atom is 3.00 e. The van der Waals surface area contributed by atoms with Gasteiger partial charge in [-0.15, -0.1) is 106 Å². The number of rotatable bonds is 14. The third kappa shape index (κ3) is 11.0. The Kier molecular flexibility index (Phi) is 13.4. The standard InChI is InChI=1S/C66H66N3.Ir/c1-47-46-69-63(42-60(47)56-19-15-18-55(41-56)51-16-7-6-8-17-51)54-26-32-59(33-27-54)66(34-11-12-35-66)45-50-39-48(43-64(2,3)57-28-22-52(23-29-57)61-20-9-13-36-67-61)38-49(40-50)44-65(4,5)58-30-24-53(25-31-58)62-21-10-14-37-68-62;/h9-10,13-15,18-22,24,26,28-33,36-42,46,51H,6-8,11-12,16-17,34-35,43-45H2,1-5H3;/q-3;+3/i1D3,51D;. The molecule has 2 fully saturated rings. The molecular formula is C66H66IrN3. The third-order valence-corrected chi connectivity index (χ3v) is 15.2. The summed E-state index contributed by atoms with van der Waals surface area (Å²) in [4.78, 5) is 13.9. The van der Waals surface area contributed by atoms with Crippen molar-refractivity contribution in [3.8, 4) is 44.9 Å². The molecule has 3 heterocycles. The van der Waals surface area contributed by atoms with Crippen LogP contribution < -0.4 is 0 Å². The van der Waals surface area contributed by atoms with Gasteiger partial charge in [-0.1, -0.05) is 145 Å². The van der Waals surface area contributed by atoms with Crippen LogP contribution in [0.25, 0.3) is 44.9 Å². The second-order valence-corrected chi connectivity index (χ2v) is 21.2. The van der Waals surface area contributed by atoms with Gasteiger partial charge in [0.05, 0.1) is 0 Å². The van der Waals surface area contributed by atoms with Gasteiger partial charge in [-0.2, -0.15) is 0 Å². The van der Waals surface area contributed by atoms with Crippen LogP contribution in [0.3, 0.4) is 0 Å². The van der Waals surface area contributed by atoms with Crippen molar-refractivity contribution in [2.75, 3.05) is 0 Å². The average Bonchev–Trinajstić information content (AvgIpc) is 3.88. The van der Waals surface area contributed by atoms with Crippen LogP contribution in [0.5, 0.6) is 0 Å². The summed E-state index contributed by atoms with van der Waals surface area (Å²) in [5.74, 6) is -0.653. The van der Waals surface area contributed by atoms with Crippen molar-refractivity contribution >= 4 is 0 Å². The van der Waals surface area contributed by atoms with Gasteiger partial charge in [0.1, 0.15) is 0 Å². The van der Waals surface area contributed by atoms with Crippen molar-refractivity contribution in [1.29, 1.82) is 0 Å². The van der Waals surface area contributed by atoms with Gasteiger partial charge in [0, 0.05) is 24.1 Å². The first-order chi connectivity index (χ1) is 35.1.